The number of carbonyl (C=O) groups is 4. The smallest absolute Gasteiger partial charge is 0.323 e. The number of likely N-dealkylation sites (tertiary alicyclic amines) is 2. The zero-order chi connectivity index (χ0) is 58.5. The Kier molecular flexibility index (Phi) is 53.4. The van der Waals surface area contributed by atoms with Gasteiger partial charge in [0, 0.05) is 25.9 Å². The van der Waals surface area contributed by atoms with Crippen LogP contribution in [0.4, 0.5) is 0 Å². The molecule has 0 aromatic carbocycles. The lowest BCUT2D eigenvalue weighted by Gasteiger charge is -2.30. The molecule has 11 nitrogen and oxygen atoms in total. The lowest BCUT2D eigenvalue weighted by atomic mass is 9.87. The molecule has 2 unspecified atom stereocenters. The summed E-state index contributed by atoms with van der Waals surface area (Å²) >= 11 is 0. The van der Waals surface area contributed by atoms with E-state index < -0.39 is 11.5 Å². The Morgan fingerprint density at radius 1 is 0.506 bits per heavy atom. The van der Waals surface area contributed by atoms with E-state index in [0.717, 1.165) is 141 Å². The number of unbranched alkanes of at least 4 members (excludes halogenated alkanes) is 23. The Bertz CT molecular complexity index is 1360. The van der Waals surface area contributed by atoms with Gasteiger partial charge in [0.2, 0.25) is 0 Å². The fourth-order valence-corrected chi connectivity index (χ4v) is 10.6. The molecule has 2 aliphatic heterocycles. The van der Waals surface area contributed by atoms with Crippen molar-refractivity contribution in [3.63, 3.8) is 0 Å². The standard InChI is InChI=1S/C60H112N2O8.C4H11N.C4H10/c1-7-11-15-17-20-28-39-53(40-29-21-18-16-12-8-2)69-56(63)41-30-22-19-25-33-48-67-58(65)55-50-54(70-57(64)42-47-61-44-35-45-61)51-62(55)46-32-24-23-31-43-60(5,6)59(66)68-49-34-38-52(36-26-13-9-3)37-27-14-10-4;1-2-3-4-5;1-3-4-2/h52-55H,7-51H2,1-6H3;2-5H2,1H3;3-4H2,1-2H3. The molecule has 0 aromatic heterocycles. The SMILES string of the molecule is CCCC.CCCCCCCCC(CCCCCCCC)OC(=O)CCCCCCCOC(=O)C1CC(OC(=O)CCN2CCC2)CN1CCCCCCC(C)(C)C(=O)OCCCC(CCCCC)CCCCC.CCCCN. The van der Waals surface area contributed by atoms with Crippen molar-refractivity contribution in [1.82, 2.24) is 9.80 Å². The van der Waals surface area contributed by atoms with Crippen molar-refractivity contribution in [1.29, 1.82) is 0 Å². The minimum Gasteiger partial charge on any atom is -0.465 e. The molecule has 2 fully saturated rings. The molecule has 2 rings (SSSR count). The second-order valence-corrected chi connectivity index (χ2v) is 24.5. The summed E-state index contributed by atoms with van der Waals surface area (Å²) in [6, 6.07) is -0.415. The topological polar surface area (TPSA) is 138 Å². The normalized spacial score (nSPS) is 15.5. The molecule has 2 atom stereocenters. The third-order valence-corrected chi connectivity index (χ3v) is 16.4. The van der Waals surface area contributed by atoms with Crippen molar-refractivity contribution in [3.05, 3.63) is 0 Å². The van der Waals surface area contributed by atoms with Gasteiger partial charge in [-0.2, -0.15) is 0 Å². The first kappa shape index (κ1) is 76.8. The molecule has 0 radical (unpaired) electrons. The molecule has 0 amide bonds. The minimum absolute atomic E-state index is 0.0434. The van der Waals surface area contributed by atoms with E-state index in [1.165, 1.54) is 148 Å². The van der Waals surface area contributed by atoms with E-state index in [4.69, 9.17) is 24.7 Å². The average molecular weight is 1120 g/mol. The second-order valence-electron chi connectivity index (χ2n) is 24.5. The molecule has 2 aliphatic rings. The number of hydrogen-bond donors (Lipinski definition) is 1. The van der Waals surface area contributed by atoms with E-state index in [-0.39, 0.29) is 36.1 Å². The number of nitrogens with two attached hydrogens (primary N) is 1. The zero-order valence-corrected chi connectivity index (χ0v) is 53.9. The van der Waals surface area contributed by atoms with Crippen LogP contribution in [-0.2, 0) is 38.1 Å². The van der Waals surface area contributed by atoms with Crippen molar-refractivity contribution in [2.24, 2.45) is 17.1 Å². The summed E-state index contributed by atoms with van der Waals surface area (Å²) < 4.78 is 23.7. The molecule has 0 saturated carbocycles. The molecule has 0 aromatic rings. The number of hydrogen-bond acceptors (Lipinski definition) is 11. The summed E-state index contributed by atoms with van der Waals surface area (Å²) in [5, 5.41) is 0. The van der Waals surface area contributed by atoms with Gasteiger partial charge in [0.1, 0.15) is 18.2 Å². The number of rotatable bonds is 51. The van der Waals surface area contributed by atoms with Crippen molar-refractivity contribution >= 4 is 23.9 Å². The number of nitrogens with zero attached hydrogens (tertiary/aromatic N) is 2. The molecule has 11 heteroatoms. The Morgan fingerprint density at radius 2 is 1.00 bits per heavy atom. The summed E-state index contributed by atoms with van der Waals surface area (Å²) in [4.78, 5) is 56.7. The molecular formula is C68H133N3O8. The Hall–Kier alpha value is -2.24. The third-order valence-electron chi connectivity index (χ3n) is 16.4. The maximum Gasteiger partial charge on any atom is 0.323 e. The van der Waals surface area contributed by atoms with Crippen LogP contribution in [0.15, 0.2) is 0 Å². The number of ether oxygens (including phenoxy) is 4. The van der Waals surface area contributed by atoms with Crippen LogP contribution in [0.25, 0.3) is 0 Å². The van der Waals surface area contributed by atoms with Gasteiger partial charge < -0.3 is 29.6 Å². The lowest BCUT2D eigenvalue weighted by molar-refractivity contribution is -0.154. The maximum absolute atomic E-state index is 13.5. The van der Waals surface area contributed by atoms with E-state index in [9.17, 15) is 19.2 Å². The van der Waals surface area contributed by atoms with E-state index in [2.05, 4.69) is 58.3 Å². The van der Waals surface area contributed by atoms with Crippen LogP contribution >= 0.6 is 0 Å². The van der Waals surface area contributed by atoms with Gasteiger partial charge in [-0.15, -0.1) is 0 Å². The molecular weight excluding hydrogens is 987 g/mol. The van der Waals surface area contributed by atoms with Crippen molar-refractivity contribution in [3.8, 4) is 0 Å². The first-order chi connectivity index (χ1) is 38.3. The maximum atomic E-state index is 13.5. The van der Waals surface area contributed by atoms with Gasteiger partial charge in [-0.25, -0.2) is 0 Å². The highest BCUT2D eigenvalue weighted by Gasteiger charge is 2.39. The Labute approximate surface area is 489 Å². The summed E-state index contributed by atoms with van der Waals surface area (Å²) in [6.07, 6.45) is 46.0. The molecule has 0 bridgehead atoms. The number of esters is 4. The quantitative estimate of drug-likeness (QED) is 0.0354. The molecule has 468 valence electrons. The lowest BCUT2D eigenvalue weighted by Crippen LogP contribution is -2.39. The Balaban J connectivity index is 0.00000623. The largest absolute Gasteiger partial charge is 0.465 e. The monoisotopic (exact) mass is 1120 g/mol. The van der Waals surface area contributed by atoms with Crippen molar-refractivity contribution < 1.29 is 38.1 Å². The summed E-state index contributed by atoms with van der Waals surface area (Å²) in [7, 11) is 0. The van der Waals surface area contributed by atoms with Gasteiger partial charge in [-0.1, -0.05) is 222 Å². The van der Waals surface area contributed by atoms with Crippen LogP contribution in [0.1, 0.15) is 332 Å². The zero-order valence-electron chi connectivity index (χ0n) is 53.9. The van der Waals surface area contributed by atoms with Gasteiger partial charge in [0.05, 0.1) is 25.0 Å². The predicted octanol–water partition coefficient (Wildman–Crippen LogP) is 18.0. The molecule has 0 aliphatic carbocycles. The van der Waals surface area contributed by atoms with E-state index >= 15 is 0 Å². The second kappa shape index (κ2) is 55.0. The molecule has 2 saturated heterocycles. The van der Waals surface area contributed by atoms with E-state index in [0.29, 0.717) is 39.0 Å². The van der Waals surface area contributed by atoms with E-state index in [1.54, 1.807) is 0 Å². The van der Waals surface area contributed by atoms with Gasteiger partial charge in [-0.3, -0.25) is 24.1 Å². The fourth-order valence-electron chi connectivity index (χ4n) is 10.6. The average Bonchev–Trinajstić information content (AvgIpc) is 3.85. The fraction of sp³-hybridized carbons (Fsp3) is 0.941. The van der Waals surface area contributed by atoms with E-state index in [1.807, 2.05) is 13.8 Å². The first-order valence-electron chi connectivity index (χ1n) is 34.2. The Morgan fingerprint density at radius 3 is 1.54 bits per heavy atom. The minimum atomic E-state index is -0.505. The van der Waals surface area contributed by atoms with Crippen LogP contribution in [0.3, 0.4) is 0 Å². The van der Waals surface area contributed by atoms with Crippen LogP contribution < -0.4 is 5.73 Å². The van der Waals surface area contributed by atoms with Gasteiger partial charge in [0.15, 0.2) is 0 Å². The van der Waals surface area contributed by atoms with Crippen LogP contribution in [0.5, 0.6) is 0 Å². The van der Waals surface area contributed by atoms with Crippen LogP contribution in [0.2, 0.25) is 0 Å². The molecule has 79 heavy (non-hydrogen) atoms. The van der Waals surface area contributed by atoms with Gasteiger partial charge >= 0.3 is 23.9 Å². The molecule has 2 N–H and O–H groups in total. The van der Waals surface area contributed by atoms with Gasteiger partial charge in [-0.05, 0) is 123 Å². The highest BCUT2D eigenvalue weighted by atomic mass is 16.6. The first-order valence-corrected chi connectivity index (χ1v) is 34.2. The summed E-state index contributed by atoms with van der Waals surface area (Å²) in [5.41, 5.74) is 4.63. The summed E-state index contributed by atoms with van der Waals surface area (Å²) in [6.45, 7) is 25.4. The third kappa shape index (κ3) is 44.9. The predicted molar refractivity (Wildman–Crippen MR) is 333 cm³/mol. The highest BCUT2D eigenvalue weighted by Crippen LogP contribution is 2.29. The van der Waals surface area contributed by atoms with Crippen molar-refractivity contribution in [2.75, 3.05) is 52.5 Å². The molecule has 0 spiro atoms. The number of carbonyl (C=O) groups excluding carboxylic acids is 4. The van der Waals surface area contributed by atoms with Crippen LogP contribution in [-0.4, -0.2) is 104 Å². The molecule has 2 heterocycles. The van der Waals surface area contributed by atoms with Gasteiger partial charge in [0.25, 0.3) is 0 Å². The highest BCUT2D eigenvalue weighted by molar-refractivity contribution is 5.77. The summed E-state index contributed by atoms with van der Waals surface area (Å²) in [5.74, 6) is 0.222. The van der Waals surface area contributed by atoms with Crippen LogP contribution in [0, 0.1) is 11.3 Å². The van der Waals surface area contributed by atoms with Crippen molar-refractivity contribution in [2.45, 2.75) is 350 Å².